The number of likely N-dealkylation sites (N-methyl/N-ethyl adjacent to an activating group) is 1. The maximum atomic E-state index is 12.1. The molecule has 1 fully saturated rings. The number of nitrogens with one attached hydrogen (secondary N) is 2. The maximum absolute atomic E-state index is 12.1. The van der Waals surface area contributed by atoms with E-state index in [1.165, 1.54) is 5.56 Å². The number of nitrogens with zero attached hydrogens (tertiary/aromatic N) is 5. The molecule has 1 aliphatic heterocycles. The largest absolute Gasteiger partial charge is 0.354 e. The summed E-state index contributed by atoms with van der Waals surface area (Å²) in [4.78, 5) is 21.3. The molecule has 0 aliphatic carbocycles. The van der Waals surface area contributed by atoms with Gasteiger partial charge in [0.05, 0.1) is 6.54 Å². The van der Waals surface area contributed by atoms with Crippen molar-refractivity contribution in [3.63, 3.8) is 0 Å². The van der Waals surface area contributed by atoms with Crippen molar-refractivity contribution in [3.05, 3.63) is 77.7 Å². The van der Waals surface area contributed by atoms with Crippen molar-refractivity contribution in [3.8, 4) is 0 Å². The number of hydrogen-bond acceptors (Lipinski definition) is 5. The van der Waals surface area contributed by atoms with E-state index in [1.807, 2.05) is 47.4 Å². The minimum Gasteiger partial charge on any atom is -0.354 e. The van der Waals surface area contributed by atoms with E-state index in [0.29, 0.717) is 13.1 Å². The highest BCUT2D eigenvalue weighted by molar-refractivity contribution is 5.73. The molecule has 1 saturated heterocycles. The Morgan fingerprint density at radius 2 is 1.61 bits per heavy atom. The van der Waals surface area contributed by atoms with Crippen molar-refractivity contribution >= 4 is 11.8 Å². The number of carbonyl (C=O) groups excluding carboxylic acids is 1. The lowest BCUT2D eigenvalue weighted by molar-refractivity contribution is 0.240. The van der Waals surface area contributed by atoms with Crippen LogP contribution in [0.4, 0.5) is 10.6 Å². The highest BCUT2D eigenvalue weighted by atomic mass is 16.2. The lowest BCUT2D eigenvalue weighted by Crippen LogP contribution is -2.44. The van der Waals surface area contributed by atoms with Gasteiger partial charge in [-0.25, -0.2) is 9.78 Å². The number of piperazine rings is 1. The Balaban J connectivity index is 1.19. The fraction of sp³-hybridized carbons (Fsp3) is 0.348. The molecule has 2 amide bonds. The smallest absolute Gasteiger partial charge is 0.315 e. The molecule has 0 spiro atoms. The zero-order valence-corrected chi connectivity index (χ0v) is 17.9. The van der Waals surface area contributed by atoms with E-state index in [0.717, 1.165) is 49.7 Å². The Bertz CT molecular complexity index is 947. The van der Waals surface area contributed by atoms with Gasteiger partial charge in [-0.2, -0.15) is 5.10 Å². The summed E-state index contributed by atoms with van der Waals surface area (Å²) in [5.74, 6) is 0.998. The lowest BCUT2D eigenvalue weighted by atomic mass is 10.1. The zero-order chi connectivity index (χ0) is 21.5. The fourth-order valence-electron chi connectivity index (χ4n) is 3.51. The van der Waals surface area contributed by atoms with E-state index in [9.17, 15) is 4.79 Å². The lowest BCUT2D eigenvalue weighted by Gasteiger charge is -2.33. The summed E-state index contributed by atoms with van der Waals surface area (Å²) in [5.41, 5.74) is 3.21. The molecule has 162 valence electrons. The van der Waals surface area contributed by atoms with Gasteiger partial charge in [-0.3, -0.25) is 4.68 Å². The van der Waals surface area contributed by atoms with Crippen LogP contribution in [0.5, 0.6) is 0 Å². The average molecular weight is 420 g/mol. The highest BCUT2D eigenvalue weighted by Crippen LogP contribution is 2.13. The Hall–Kier alpha value is -3.39. The van der Waals surface area contributed by atoms with Gasteiger partial charge in [0.15, 0.2) is 0 Å². The third kappa shape index (κ3) is 6.05. The molecule has 2 aromatic heterocycles. The number of urea groups is 1. The molecule has 0 saturated carbocycles. The van der Waals surface area contributed by atoms with E-state index in [1.54, 1.807) is 6.20 Å². The monoisotopic (exact) mass is 419 g/mol. The van der Waals surface area contributed by atoms with Crippen LogP contribution in [0.3, 0.4) is 0 Å². The Morgan fingerprint density at radius 3 is 2.26 bits per heavy atom. The molecule has 1 aromatic carbocycles. The molecule has 31 heavy (non-hydrogen) atoms. The van der Waals surface area contributed by atoms with Crippen LogP contribution in [0.25, 0.3) is 0 Å². The van der Waals surface area contributed by atoms with Crippen LogP contribution in [0.1, 0.15) is 16.7 Å². The molecule has 0 radical (unpaired) electrons. The molecule has 1 aliphatic rings. The summed E-state index contributed by atoms with van der Waals surface area (Å²) in [6.45, 7) is 5.76. The molecule has 0 unspecified atom stereocenters. The van der Waals surface area contributed by atoms with Crippen molar-refractivity contribution < 1.29 is 4.79 Å². The summed E-state index contributed by atoms with van der Waals surface area (Å²) in [6.07, 6.45) is 5.55. The first-order valence-electron chi connectivity index (χ1n) is 10.6. The molecule has 3 heterocycles. The molecule has 0 atom stereocenters. The maximum Gasteiger partial charge on any atom is 0.315 e. The van der Waals surface area contributed by atoms with E-state index in [4.69, 9.17) is 0 Å². The molecular formula is C23H29N7O. The highest BCUT2D eigenvalue weighted by Gasteiger charge is 2.15. The molecule has 2 N–H and O–H groups in total. The molecule has 0 bridgehead atoms. The first-order chi connectivity index (χ1) is 15.2. The number of pyridine rings is 1. The number of benzene rings is 1. The fourth-order valence-corrected chi connectivity index (χ4v) is 3.51. The third-order valence-electron chi connectivity index (χ3n) is 5.47. The summed E-state index contributed by atoms with van der Waals surface area (Å²) < 4.78 is 1.88. The number of amides is 2. The SMILES string of the molecule is CN1CCN(c2ccc(CNC(=O)NCc3ccc(Cn4cccn4)cc3)cn2)CC1. The molecular weight excluding hydrogens is 390 g/mol. The number of carbonyl (C=O) groups is 1. The third-order valence-corrected chi connectivity index (χ3v) is 5.47. The van der Waals surface area contributed by atoms with Crippen LogP contribution in [0.2, 0.25) is 0 Å². The average Bonchev–Trinajstić information content (AvgIpc) is 3.31. The second kappa shape index (κ2) is 10.1. The topological polar surface area (TPSA) is 78.3 Å². The van der Waals surface area contributed by atoms with Crippen LogP contribution in [-0.2, 0) is 19.6 Å². The number of hydrogen-bond donors (Lipinski definition) is 2. The predicted octanol–water partition coefficient (Wildman–Crippen LogP) is 2.08. The Kier molecular flexibility index (Phi) is 6.78. The second-order valence-electron chi connectivity index (χ2n) is 7.87. The quantitative estimate of drug-likeness (QED) is 0.613. The van der Waals surface area contributed by atoms with Crippen LogP contribution in [0, 0.1) is 0 Å². The van der Waals surface area contributed by atoms with Gasteiger partial charge < -0.3 is 20.4 Å². The van der Waals surface area contributed by atoms with Gasteiger partial charge in [-0.05, 0) is 35.9 Å². The van der Waals surface area contributed by atoms with Gasteiger partial charge in [-0.15, -0.1) is 0 Å². The van der Waals surface area contributed by atoms with Crippen LogP contribution < -0.4 is 15.5 Å². The zero-order valence-electron chi connectivity index (χ0n) is 17.9. The molecule has 3 aromatic rings. The molecule has 8 nitrogen and oxygen atoms in total. The van der Waals surface area contributed by atoms with Crippen LogP contribution >= 0.6 is 0 Å². The van der Waals surface area contributed by atoms with Crippen molar-refractivity contribution in [1.82, 2.24) is 30.3 Å². The Labute approximate surface area is 182 Å². The summed E-state index contributed by atoms with van der Waals surface area (Å²) >= 11 is 0. The first-order valence-corrected chi connectivity index (χ1v) is 10.6. The summed E-state index contributed by atoms with van der Waals surface area (Å²) in [6, 6.07) is 14.0. The number of rotatable bonds is 7. The number of anilines is 1. The first kappa shape index (κ1) is 20.9. The van der Waals surface area contributed by atoms with E-state index < -0.39 is 0 Å². The van der Waals surface area contributed by atoms with Gasteiger partial charge in [0.1, 0.15) is 5.82 Å². The van der Waals surface area contributed by atoms with Gasteiger partial charge >= 0.3 is 6.03 Å². The summed E-state index contributed by atoms with van der Waals surface area (Å²) in [7, 11) is 2.14. The Morgan fingerprint density at radius 1 is 0.935 bits per heavy atom. The van der Waals surface area contributed by atoms with E-state index >= 15 is 0 Å². The van der Waals surface area contributed by atoms with Crippen LogP contribution in [-0.4, -0.2) is 58.9 Å². The molecule has 4 rings (SSSR count). The standard InChI is InChI=1S/C23H29N7O/c1-28-11-13-29(14-12-28)22-8-7-21(16-24-22)17-26-23(31)25-15-19-3-5-20(6-4-19)18-30-10-2-9-27-30/h2-10,16H,11-15,17-18H2,1H3,(H2,25,26,31). The van der Waals surface area contributed by atoms with Crippen molar-refractivity contribution in [2.45, 2.75) is 19.6 Å². The van der Waals surface area contributed by atoms with Gasteiger partial charge in [0.25, 0.3) is 0 Å². The van der Waals surface area contributed by atoms with Crippen molar-refractivity contribution in [2.24, 2.45) is 0 Å². The second-order valence-corrected chi connectivity index (χ2v) is 7.87. The molecule has 8 heteroatoms. The van der Waals surface area contributed by atoms with E-state index in [2.05, 4.69) is 49.7 Å². The van der Waals surface area contributed by atoms with Gasteiger partial charge in [0.2, 0.25) is 0 Å². The number of aromatic nitrogens is 3. The predicted molar refractivity (Wildman–Crippen MR) is 121 cm³/mol. The van der Waals surface area contributed by atoms with Gasteiger partial charge in [-0.1, -0.05) is 30.3 Å². The van der Waals surface area contributed by atoms with Crippen molar-refractivity contribution in [1.29, 1.82) is 0 Å². The van der Waals surface area contributed by atoms with Crippen molar-refractivity contribution in [2.75, 3.05) is 38.1 Å². The minimum absolute atomic E-state index is 0.191. The summed E-state index contributed by atoms with van der Waals surface area (Å²) in [5, 5.41) is 10.0. The normalized spacial score (nSPS) is 14.4. The van der Waals surface area contributed by atoms with Crippen LogP contribution in [0.15, 0.2) is 61.1 Å². The van der Waals surface area contributed by atoms with Gasteiger partial charge in [0, 0.05) is 57.9 Å². The minimum atomic E-state index is -0.191. The van der Waals surface area contributed by atoms with E-state index in [-0.39, 0.29) is 6.03 Å².